The molecule has 6 nitrogen and oxygen atoms in total. The predicted octanol–water partition coefficient (Wildman–Crippen LogP) is 2.32. The second kappa shape index (κ2) is 6.69. The van der Waals surface area contributed by atoms with Crippen LogP contribution in [-0.2, 0) is 6.54 Å². The molecule has 2 N–H and O–H groups in total. The van der Waals surface area contributed by atoms with Gasteiger partial charge in [-0.25, -0.2) is 14.6 Å². The zero-order chi connectivity index (χ0) is 14.5. The number of hydrogen-bond donors (Lipinski definition) is 2. The van der Waals surface area contributed by atoms with Crippen molar-refractivity contribution in [2.24, 2.45) is 0 Å². The lowest BCUT2D eigenvalue weighted by Gasteiger charge is -2.27. The standard InChI is InChI=1S/C13H19N3O3S/c1-9-5-3-2-4-6-16(9)13(19)14-7-11-15-10(8-20-11)12(17)18/h8-9H,2-7H2,1H3,(H,14,19)(H,17,18). The van der Waals surface area contributed by atoms with Crippen molar-refractivity contribution in [2.45, 2.75) is 45.2 Å². The summed E-state index contributed by atoms with van der Waals surface area (Å²) < 4.78 is 0. The lowest BCUT2D eigenvalue weighted by Crippen LogP contribution is -2.44. The minimum absolute atomic E-state index is 0.0300. The quantitative estimate of drug-likeness (QED) is 0.897. The van der Waals surface area contributed by atoms with E-state index >= 15 is 0 Å². The van der Waals surface area contributed by atoms with Gasteiger partial charge in [-0.1, -0.05) is 12.8 Å². The molecule has 2 rings (SSSR count). The fourth-order valence-corrected chi connectivity index (χ4v) is 3.03. The molecule has 1 aliphatic heterocycles. The van der Waals surface area contributed by atoms with E-state index in [2.05, 4.69) is 17.2 Å². The maximum atomic E-state index is 12.2. The molecule has 1 aromatic heterocycles. The van der Waals surface area contributed by atoms with E-state index in [1.54, 1.807) is 0 Å². The Morgan fingerprint density at radius 1 is 1.50 bits per heavy atom. The molecule has 1 unspecified atom stereocenters. The molecule has 0 aliphatic carbocycles. The Morgan fingerprint density at radius 2 is 2.30 bits per heavy atom. The molecule has 2 amide bonds. The number of nitrogens with zero attached hydrogens (tertiary/aromatic N) is 2. The van der Waals surface area contributed by atoms with Gasteiger partial charge in [-0.15, -0.1) is 11.3 Å². The van der Waals surface area contributed by atoms with Crippen LogP contribution >= 0.6 is 11.3 Å². The number of rotatable bonds is 3. The van der Waals surface area contributed by atoms with Crippen LogP contribution in [0.2, 0.25) is 0 Å². The maximum Gasteiger partial charge on any atom is 0.355 e. The van der Waals surface area contributed by atoms with Crippen molar-refractivity contribution < 1.29 is 14.7 Å². The molecule has 0 radical (unpaired) electrons. The minimum atomic E-state index is -1.04. The normalized spacial score (nSPS) is 19.4. The fraction of sp³-hybridized carbons (Fsp3) is 0.615. The average molecular weight is 297 g/mol. The molecule has 1 saturated heterocycles. The molecule has 1 aliphatic rings. The summed E-state index contributed by atoms with van der Waals surface area (Å²) in [6, 6.07) is 0.162. The maximum absolute atomic E-state index is 12.2. The van der Waals surface area contributed by atoms with E-state index in [-0.39, 0.29) is 24.3 Å². The van der Waals surface area contributed by atoms with Gasteiger partial charge in [-0.05, 0) is 19.8 Å². The van der Waals surface area contributed by atoms with Gasteiger partial charge >= 0.3 is 12.0 Å². The van der Waals surface area contributed by atoms with Gasteiger partial charge in [0.1, 0.15) is 5.01 Å². The first-order valence-corrected chi connectivity index (χ1v) is 7.68. The highest BCUT2D eigenvalue weighted by atomic mass is 32.1. The topological polar surface area (TPSA) is 82.5 Å². The van der Waals surface area contributed by atoms with Crippen LogP contribution in [0.1, 0.15) is 48.1 Å². The third-order valence-corrected chi connectivity index (χ3v) is 4.32. The van der Waals surface area contributed by atoms with Gasteiger partial charge in [0.25, 0.3) is 0 Å². The molecule has 110 valence electrons. The second-order valence-electron chi connectivity index (χ2n) is 4.98. The van der Waals surface area contributed by atoms with Crippen LogP contribution in [0, 0.1) is 0 Å². The van der Waals surface area contributed by atoms with Crippen molar-refractivity contribution in [3.63, 3.8) is 0 Å². The SMILES string of the molecule is CC1CCCCCN1C(=O)NCc1nc(C(=O)O)cs1. The highest BCUT2D eigenvalue weighted by Gasteiger charge is 2.21. The van der Waals surface area contributed by atoms with Crippen LogP contribution in [0.5, 0.6) is 0 Å². The minimum Gasteiger partial charge on any atom is -0.476 e. The zero-order valence-electron chi connectivity index (χ0n) is 11.5. The second-order valence-corrected chi connectivity index (χ2v) is 5.92. The highest BCUT2D eigenvalue weighted by Crippen LogP contribution is 2.16. The first kappa shape index (κ1) is 14.8. The Morgan fingerprint density at radius 3 is 3.00 bits per heavy atom. The molecule has 1 aromatic rings. The van der Waals surface area contributed by atoms with Crippen molar-refractivity contribution in [2.75, 3.05) is 6.54 Å². The van der Waals surface area contributed by atoms with E-state index in [1.165, 1.54) is 29.6 Å². The first-order valence-electron chi connectivity index (χ1n) is 6.80. The lowest BCUT2D eigenvalue weighted by molar-refractivity contribution is 0.0691. The average Bonchev–Trinajstić information content (AvgIpc) is 2.79. The Kier molecular flexibility index (Phi) is 4.94. The molecular formula is C13H19N3O3S. The number of carbonyl (C=O) groups is 2. The summed E-state index contributed by atoms with van der Waals surface area (Å²) in [6.45, 7) is 3.13. The van der Waals surface area contributed by atoms with Gasteiger partial charge in [-0.2, -0.15) is 0 Å². The zero-order valence-corrected chi connectivity index (χ0v) is 12.3. The largest absolute Gasteiger partial charge is 0.476 e. The smallest absolute Gasteiger partial charge is 0.355 e. The molecule has 1 atom stereocenters. The number of nitrogens with one attached hydrogen (secondary N) is 1. The number of urea groups is 1. The summed E-state index contributed by atoms with van der Waals surface area (Å²) in [7, 11) is 0. The molecular weight excluding hydrogens is 278 g/mol. The van der Waals surface area contributed by atoms with Crippen molar-refractivity contribution >= 4 is 23.3 Å². The third-order valence-electron chi connectivity index (χ3n) is 3.48. The van der Waals surface area contributed by atoms with E-state index < -0.39 is 5.97 Å². The van der Waals surface area contributed by atoms with Crippen molar-refractivity contribution in [1.29, 1.82) is 0 Å². The molecule has 0 bridgehead atoms. The number of thiazole rings is 1. The molecule has 0 spiro atoms. The van der Waals surface area contributed by atoms with Gasteiger partial charge < -0.3 is 15.3 Å². The van der Waals surface area contributed by atoms with Crippen LogP contribution in [-0.4, -0.2) is 39.6 Å². The number of aromatic carboxylic acids is 1. The Hall–Kier alpha value is -1.63. The summed E-state index contributed by atoms with van der Waals surface area (Å²) >= 11 is 1.25. The Labute approximate surface area is 121 Å². The van der Waals surface area contributed by atoms with Crippen LogP contribution in [0.25, 0.3) is 0 Å². The predicted molar refractivity (Wildman–Crippen MR) is 75.9 cm³/mol. The van der Waals surface area contributed by atoms with E-state index in [0.29, 0.717) is 5.01 Å². The van der Waals surface area contributed by atoms with Crippen molar-refractivity contribution in [1.82, 2.24) is 15.2 Å². The summed E-state index contributed by atoms with van der Waals surface area (Å²) in [5, 5.41) is 13.7. The van der Waals surface area contributed by atoms with Gasteiger partial charge in [-0.3, -0.25) is 0 Å². The van der Waals surface area contributed by atoms with Gasteiger partial charge in [0.15, 0.2) is 5.69 Å². The van der Waals surface area contributed by atoms with E-state index in [0.717, 1.165) is 19.4 Å². The summed E-state index contributed by atoms with van der Waals surface area (Å²) in [5.41, 5.74) is 0.0300. The molecule has 2 heterocycles. The number of aromatic nitrogens is 1. The van der Waals surface area contributed by atoms with Crippen molar-refractivity contribution in [3.05, 3.63) is 16.1 Å². The molecule has 0 saturated carbocycles. The lowest BCUT2D eigenvalue weighted by atomic mass is 10.1. The fourth-order valence-electron chi connectivity index (χ4n) is 2.32. The summed E-state index contributed by atoms with van der Waals surface area (Å²) in [4.78, 5) is 28.7. The molecule has 0 aromatic carbocycles. The number of carboxylic acid groups (broad SMARTS) is 1. The van der Waals surface area contributed by atoms with E-state index in [9.17, 15) is 9.59 Å². The van der Waals surface area contributed by atoms with Crippen LogP contribution < -0.4 is 5.32 Å². The Balaban J connectivity index is 1.88. The monoisotopic (exact) mass is 297 g/mol. The van der Waals surface area contributed by atoms with E-state index in [1.807, 2.05) is 4.90 Å². The summed E-state index contributed by atoms with van der Waals surface area (Å²) in [5.74, 6) is -1.04. The van der Waals surface area contributed by atoms with Gasteiger partial charge in [0, 0.05) is 18.0 Å². The van der Waals surface area contributed by atoms with Crippen molar-refractivity contribution in [3.8, 4) is 0 Å². The van der Waals surface area contributed by atoms with Crippen LogP contribution in [0.4, 0.5) is 4.79 Å². The first-order chi connectivity index (χ1) is 9.58. The summed E-state index contributed by atoms with van der Waals surface area (Å²) in [6.07, 6.45) is 4.41. The molecule has 1 fully saturated rings. The molecule has 7 heteroatoms. The van der Waals surface area contributed by atoms with Crippen LogP contribution in [0.3, 0.4) is 0 Å². The number of hydrogen-bond acceptors (Lipinski definition) is 4. The van der Waals surface area contributed by atoms with E-state index in [4.69, 9.17) is 5.11 Å². The number of amides is 2. The van der Waals surface area contributed by atoms with Gasteiger partial charge in [0.05, 0.1) is 6.54 Å². The molecule has 20 heavy (non-hydrogen) atoms. The number of carboxylic acids is 1. The van der Waals surface area contributed by atoms with Crippen LogP contribution in [0.15, 0.2) is 5.38 Å². The number of likely N-dealkylation sites (tertiary alicyclic amines) is 1. The highest BCUT2D eigenvalue weighted by molar-refractivity contribution is 7.09. The third kappa shape index (κ3) is 3.69. The Bertz CT molecular complexity index is 489. The number of carbonyl (C=O) groups excluding carboxylic acids is 1. The van der Waals surface area contributed by atoms with Gasteiger partial charge in [0.2, 0.25) is 0 Å².